The number of ether oxygens (including phenoxy) is 2. The van der Waals surface area contributed by atoms with E-state index in [1.807, 2.05) is 22.6 Å². The average Bonchev–Trinajstić information content (AvgIpc) is 2.52. The maximum atomic E-state index is 13.1. The summed E-state index contributed by atoms with van der Waals surface area (Å²) in [6, 6.07) is 6.49. The first-order valence-electron chi connectivity index (χ1n) is 6.96. The molecule has 7 nitrogen and oxygen atoms in total. The SMILES string of the molecule is C=C(C)C(=O)OC(CC(=O)OCC(F)(F)S(=O)(=O)O)c1ccc(I)cc1. The van der Waals surface area contributed by atoms with Gasteiger partial charge in [-0.15, -0.1) is 0 Å². The zero-order chi connectivity index (χ0) is 20.1. The van der Waals surface area contributed by atoms with Crippen molar-refractivity contribution < 1.29 is 40.8 Å². The number of rotatable bonds is 8. The van der Waals surface area contributed by atoms with Gasteiger partial charge in [0.25, 0.3) is 0 Å². The molecule has 1 aromatic carbocycles. The van der Waals surface area contributed by atoms with Crippen molar-refractivity contribution in [1.29, 1.82) is 0 Å². The van der Waals surface area contributed by atoms with Gasteiger partial charge in [-0.25, -0.2) is 4.79 Å². The average molecular weight is 504 g/mol. The quantitative estimate of drug-likeness (QED) is 0.251. The number of alkyl halides is 2. The fourth-order valence-electron chi connectivity index (χ4n) is 1.58. The highest BCUT2D eigenvalue weighted by Gasteiger charge is 2.45. The van der Waals surface area contributed by atoms with Crippen LogP contribution in [0.1, 0.15) is 25.0 Å². The van der Waals surface area contributed by atoms with E-state index in [0.29, 0.717) is 5.56 Å². The minimum atomic E-state index is -5.72. The molecule has 26 heavy (non-hydrogen) atoms. The Morgan fingerprint density at radius 2 is 1.85 bits per heavy atom. The molecule has 0 saturated heterocycles. The van der Waals surface area contributed by atoms with Crippen LogP contribution in [0.2, 0.25) is 0 Å². The molecule has 1 rings (SSSR count). The first-order valence-corrected chi connectivity index (χ1v) is 9.48. The van der Waals surface area contributed by atoms with Crippen LogP contribution in [-0.4, -0.2) is 36.8 Å². The third-order valence-electron chi connectivity index (χ3n) is 2.97. The van der Waals surface area contributed by atoms with Crippen LogP contribution >= 0.6 is 22.6 Å². The van der Waals surface area contributed by atoms with Crippen LogP contribution in [0.5, 0.6) is 0 Å². The van der Waals surface area contributed by atoms with E-state index in [1.165, 1.54) is 6.92 Å². The molecule has 0 aromatic heterocycles. The van der Waals surface area contributed by atoms with Crippen molar-refractivity contribution in [1.82, 2.24) is 0 Å². The van der Waals surface area contributed by atoms with Crippen LogP contribution in [0, 0.1) is 3.57 Å². The number of hydrogen-bond donors (Lipinski definition) is 1. The predicted molar refractivity (Wildman–Crippen MR) is 94.9 cm³/mol. The predicted octanol–water partition coefficient (Wildman–Crippen LogP) is 2.87. The number of hydrogen-bond acceptors (Lipinski definition) is 6. The van der Waals surface area contributed by atoms with E-state index in [2.05, 4.69) is 11.3 Å². The van der Waals surface area contributed by atoms with Crippen LogP contribution in [-0.2, 0) is 29.2 Å². The van der Waals surface area contributed by atoms with E-state index in [1.54, 1.807) is 24.3 Å². The third-order valence-corrected chi connectivity index (χ3v) is 4.56. The highest BCUT2D eigenvalue weighted by molar-refractivity contribution is 14.1. The van der Waals surface area contributed by atoms with Crippen molar-refractivity contribution >= 4 is 44.6 Å². The van der Waals surface area contributed by atoms with Gasteiger partial charge in [0.15, 0.2) is 6.61 Å². The Bertz CT molecular complexity index is 791. The summed E-state index contributed by atoms with van der Waals surface area (Å²) in [5.74, 6) is -2.05. The van der Waals surface area contributed by atoms with E-state index in [4.69, 9.17) is 9.29 Å². The molecule has 0 aliphatic carbocycles. The minimum absolute atomic E-state index is 0.0618. The summed E-state index contributed by atoms with van der Waals surface area (Å²) in [5.41, 5.74) is 0.463. The molecule has 144 valence electrons. The topological polar surface area (TPSA) is 107 Å². The summed E-state index contributed by atoms with van der Waals surface area (Å²) in [4.78, 5) is 23.5. The van der Waals surface area contributed by atoms with Gasteiger partial charge < -0.3 is 9.47 Å². The molecule has 0 radical (unpaired) electrons. The molecule has 1 N–H and O–H groups in total. The molecule has 0 aliphatic heterocycles. The number of carbonyl (C=O) groups is 2. The Labute approximate surface area is 162 Å². The summed E-state index contributed by atoms with van der Waals surface area (Å²) in [7, 11) is -5.72. The van der Waals surface area contributed by atoms with E-state index in [9.17, 15) is 26.8 Å². The number of carbonyl (C=O) groups excluding carboxylic acids is 2. The zero-order valence-electron chi connectivity index (χ0n) is 13.4. The Hall–Kier alpha value is -1.60. The van der Waals surface area contributed by atoms with Gasteiger partial charge in [-0.3, -0.25) is 9.35 Å². The molecule has 1 unspecified atom stereocenters. The van der Waals surface area contributed by atoms with Crippen molar-refractivity contribution in [3.8, 4) is 0 Å². The Kier molecular flexibility index (Phi) is 7.65. The maximum Gasteiger partial charge on any atom is 0.402 e. The van der Waals surface area contributed by atoms with Gasteiger partial charge in [0.05, 0.1) is 6.42 Å². The van der Waals surface area contributed by atoms with E-state index in [0.717, 1.165) is 3.57 Å². The van der Waals surface area contributed by atoms with E-state index in [-0.39, 0.29) is 5.57 Å². The van der Waals surface area contributed by atoms with Crippen LogP contribution in [0.25, 0.3) is 0 Å². The van der Waals surface area contributed by atoms with E-state index >= 15 is 0 Å². The van der Waals surface area contributed by atoms with Crippen molar-refractivity contribution in [2.75, 3.05) is 6.61 Å². The lowest BCUT2D eigenvalue weighted by atomic mass is 10.1. The second-order valence-electron chi connectivity index (χ2n) is 5.20. The highest BCUT2D eigenvalue weighted by atomic mass is 127. The largest absolute Gasteiger partial charge is 0.458 e. The lowest BCUT2D eigenvalue weighted by molar-refractivity contribution is -0.156. The maximum absolute atomic E-state index is 13.1. The zero-order valence-corrected chi connectivity index (χ0v) is 16.4. The molecule has 0 aliphatic rings. The van der Waals surface area contributed by atoms with Crippen molar-refractivity contribution in [2.24, 2.45) is 0 Å². The molecule has 0 bridgehead atoms. The Morgan fingerprint density at radius 1 is 1.31 bits per heavy atom. The Balaban J connectivity index is 2.88. The molecule has 0 spiro atoms. The molecular formula is C15H15F2IO7S. The third kappa shape index (κ3) is 6.61. The highest BCUT2D eigenvalue weighted by Crippen LogP contribution is 2.25. The summed E-state index contributed by atoms with van der Waals surface area (Å²) in [5, 5.41) is -4.64. The molecule has 1 aromatic rings. The first-order chi connectivity index (χ1) is 11.8. The van der Waals surface area contributed by atoms with Gasteiger partial charge in [0, 0.05) is 9.14 Å². The van der Waals surface area contributed by atoms with Crippen molar-refractivity contribution in [2.45, 2.75) is 24.7 Å². The van der Waals surface area contributed by atoms with E-state index < -0.39 is 46.4 Å². The minimum Gasteiger partial charge on any atom is -0.458 e. The normalized spacial score (nSPS) is 13.0. The summed E-state index contributed by atoms with van der Waals surface area (Å²) in [6.45, 7) is 2.93. The fourth-order valence-corrected chi connectivity index (χ4v) is 2.15. The molecule has 0 amide bonds. The number of esters is 2. The lowest BCUT2D eigenvalue weighted by Gasteiger charge is -2.19. The molecule has 0 fully saturated rings. The summed E-state index contributed by atoms with van der Waals surface area (Å²) < 4.78 is 65.8. The van der Waals surface area contributed by atoms with Crippen molar-refractivity contribution in [3.05, 3.63) is 45.6 Å². The van der Waals surface area contributed by atoms with Crippen LogP contribution < -0.4 is 0 Å². The number of benzene rings is 1. The van der Waals surface area contributed by atoms with Crippen LogP contribution in [0.4, 0.5) is 8.78 Å². The molecular weight excluding hydrogens is 489 g/mol. The van der Waals surface area contributed by atoms with Gasteiger partial charge >= 0.3 is 27.3 Å². The van der Waals surface area contributed by atoms with Gasteiger partial charge in [-0.2, -0.15) is 17.2 Å². The van der Waals surface area contributed by atoms with Gasteiger partial charge in [-0.05, 0) is 47.2 Å². The smallest absolute Gasteiger partial charge is 0.402 e. The second-order valence-corrected chi connectivity index (χ2v) is 8.00. The van der Waals surface area contributed by atoms with Gasteiger partial charge in [0.1, 0.15) is 6.10 Å². The van der Waals surface area contributed by atoms with Crippen LogP contribution in [0.3, 0.4) is 0 Å². The standard InChI is InChI=1S/C15H15F2IO7S/c1-9(2)14(20)25-12(10-3-5-11(18)6-4-10)7-13(19)24-8-15(16,17)26(21,22)23/h3-6,12H,1,7-8H2,2H3,(H,21,22,23). The summed E-state index contributed by atoms with van der Waals surface area (Å²) >= 11 is 2.03. The molecule has 0 heterocycles. The molecule has 11 heteroatoms. The summed E-state index contributed by atoms with van der Waals surface area (Å²) in [6.07, 6.45) is -1.79. The monoisotopic (exact) mass is 504 g/mol. The first kappa shape index (κ1) is 22.4. The number of halogens is 3. The molecule has 1 atom stereocenters. The lowest BCUT2D eigenvalue weighted by Crippen LogP contribution is -2.34. The van der Waals surface area contributed by atoms with Gasteiger partial charge in [0.2, 0.25) is 0 Å². The van der Waals surface area contributed by atoms with Crippen LogP contribution in [0.15, 0.2) is 36.4 Å². The van der Waals surface area contributed by atoms with Crippen molar-refractivity contribution in [3.63, 3.8) is 0 Å². The fraction of sp³-hybridized carbons (Fsp3) is 0.333. The van der Waals surface area contributed by atoms with Gasteiger partial charge in [-0.1, -0.05) is 18.7 Å². The molecule has 0 saturated carbocycles. The Morgan fingerprint density at radius 3 is 2.31 bits per heavy atom. The second kappa shape index (κ2) is 8.86.